The molecular formula is C25H23N3O2. The molecule has 30 heavy (non-hydrogen) atoms. The number of ether oxygens (including phenoxy) is 1. The van der Waals surface area contributed by atoms with Gasteiger partial charge in [-0.1, -0.05) is 60.7 Å². The lowest BCUT2D eigenvalue weighted by atomic mass is 9.76. The molecule has 1 aliphatic heterocycles. The number of amides is 1. The minimum Gasteiger partial charge on any atom is -0.391 e. The summed E-state index contributed by atoms with van der Waals surface area (Å²) < 4.78 is 5.39. The molecule has 2 aromatic carbocycles. The number of piperidine rings is 1. The van der Waals surface area contributed by atoms with Gasteiger partial charge in [-0.25, -0.2) is 9.78 Å². The molecule has 4 rings (SSSR count). The maximum atomic E-state index is 12.6. The second kappa shape index (κ2) is 9.23. The van der Waals surface area contributed by atoms with Crippen LogP contribution in [0.3, 0.4) is 0 Å². The quantitative estimate of drug-likeness (QED) is 0.622. The SMILES string of the molecule is N#Cc1ccnc(OC(=O)N2CCC(C(c3ccccc3)c3ccccc3)CC2)c1. The summed E-state index contributed by atoms with van der Waals surface area (Å²) in [7, 11) is 0. The van der Waals surface area contributed by atoms with E-state index in [0.717, 1.165) is 12.8 Å². The Morgan fingerprint density at radius 2 is 1.60 bits per heavy atom. The van der Waals surface area contributed by atoms with Crippen LogP contribution in [0.15, 0.2) is 79.0 Å². The molecule has 2 heterocycles. The van der Waals surface area contributed by atoms with E-state index >= 15 is 0 Å². The minimum atomic E-state index is -0.410. The molecule has 0 N–H and O–H groups in total. The van der Waals surface area contributed by atoms with Crippen molar-refractivity contribution in [3.05, 3.63) is 95.7 Å². The van der Waals surface area contributed by atoms with Gasteiger partial charge in [-0.2, -0.15) is 5.26 Å². The van der Waals surface area contributed by atoms with E-state index in [2.05, 4.69) is 53.5 Å². The third-order valence-corrected chi connectivity index (χ3v) is 5.64. The second-order valence-electron chi connectivity index (χ2n) is 7.49. The first-order valence-corrected chi connectivity index (χ1v) is 10.2. The number of likely N-dealkylation sites (tertiary alicyclic amines) is 1. The van der Waals surface area contributed by atoms with Crippen LogP contribution in [0.2, 0.25) is 0 Å². The first-order chi connectivity index (χ1) is 14.7. The summed E-state index contributed by atoms with van der Waals surface area (Å²) >= 11 is 0. The normalized spacial score (nSPS) is 14.3. The van der Waals surface area contributed by atoms with E-state index in [4.69, 9.17) is 10.00 Å². The van der Waals surface area contributed by atoms with Crippen molar-refractivity contribution in [1.29, 1.82) is 5.26 Å². The number of pyridine rings is 1. The van der Waals surface area contributed by atoms with Gasteiger partial charge in [0.05, 0.1) is 11.6 Å². The van der Waals surface area contributed by atoms with Gasteiger partial charge < -0.3 is 9.64 Å². The first kappa shape index (κ1) is 19.7. The van der Waals surface area contributed by atoms with Crippen molar-refractivity contribution in [3.8, 4) is 11.9 Å². The average molecular weight is 397 g/mol. The van der Waals surface area contributed by atoms with Gasteiger partial charge in [0.25, 0.3) is 0 Å². The largest absolute Gasteiger partial charge is 0.416 e. The monoisotopic (exact) mass is 397 g/mol. The van der Waals surface area contributed by atoms with E-state index in [-0.39, 0.29) is 5.88 Å². The van der Waals surface area contributed by atoms with Crippen LogP contribution in [0, 0.1) is 17.2 Å². The number of benzene rings is 2. The van der Waals surface area contributed by atoms with E-state index in [9.17, 15) is 4.79 Å². The van der Waals surface area contributed by atoms with Crippen LogP contribution in [-0.2, 0) is 0 Å². The predicted octanol–water partition coefficient (Wildman–Crippen LogP) is 5.00. The summed E-state index contributed by atoms with van der Waals surface area (Å²) in [4.78, 5) is 18.3. The van der Waals surface area contributed by atoms with E-state index in [1.54, 1.807) is 11.0 Å². The molecule has 1 aromatic heterocycles. The Labute approximate surface area is 176 Å². The minimum absolute atomic E-state index is 0.160. The average Bonchev–Trinajstić information content (AvgIpc) is 2.81. The van der Waals surface area contributed by atoms with Crippen molar-refractivity contribution in [2.75, 3.05) is 13.1 Å². The summed E-state index contributed by atoms with van der Waals surface area (Å²) in [6.07, 6.45) is 2.86. The Morgan fingerprint density at radius 1 is 1.00 bits per heavy atom. The van der Waals surface area contributed by atoms with Gasteiger partial charge in [-0.05, 0) is 36.0 Å². The van der Waals surface area contributed by atoms with Crippen LogP contribution >= 0.6 is 0 Å². The van der Waals surface area contributed by atoms with Crippen molar-refractivity contribution in [2.45, 2.75) is 18.8 Å². The Morgan fingerprint density at radius 3 is 2.17 bits per heavy atom. The Kier molecular flexibility index (Phi) is 6.05. The molecule has 0 radical (unpaired) electrons. The summed E-state index contributed by atoms with van der Waals surface area (Å²) in [5.74, 6) is 0.908. The van der Waals surface area contributed by atoms with E-state index < -0.39 is 6.09 Å². The fourth-order valence-electron chi connectivity index (χ4n) is 4.16. The van der Waals surface area contributed by atoms with Crippen LogP contribution in [0.4, 0.5) is 4.79 Å². The summed E-state index contributed by atoms with van der Waals surface area (Å²) in [6, 6.07) is 26.2. The number of hydrogen-bond acceptors (Lipinski definition) is 4. The highest BCUT2D eigenvalue weighted by molar-refractivity contribution is 5.70. The number of nitrogens with zero attached hydrogens (tertiary/aromatic N) is 3. The Bertz CT molecular complexity index is 984. The van der Waals surface area contributed by atoms with Crippen LogP contribution in [0.25, 0.3) is 0 Å². The molecule has 0 bridgehead atoms. The lowest BCUT2D eigenvalue weighted by Crippen LogP contribution is -2.41. The first-order valence-electron chi connectivity index (χ1n) is 10.2. The van der Waals surface area contributed by atoms with Gasteiger partial charge in [0.15, 0.2) is 0 Å². The van der Waals surface area contributed by atoms with Gasteiger partial charge >= 0.3 is 6.09 Å². The van der Waals surface area contributed by atoms with Gasteiger partial charge in [-0.15, -0.1) is 0 Å². The standard InChI is InChI=1S/C25H23N3O2/c26-18-19-11-14-27-23(17-19)30-25(29)28-15-12-22(13-16-28)24(20-7-3-1-4-8-20)21-9-5-2-6-10-21/h1-11,14,17,22,24H,12-13,15-16H2. The highest BCUT2D eigenvalue weighted by Gasteiger charge is 2.31. The number of carbonyl (C=O) groups is 1. The number of rotatable bonds is 4. The number of hydrogen-bond donors (Lipinski definition) is 0. The molecule has 3 aromatic rings. The highest BCUT2D eigenvalue weighted by atomic mass is 16.6. The predicted molar refractivity (Wildman–Crippen MR) is 114 cm³/mol. The van der Waals surface area contributed by atoms with Crippen molar-refractivity contribution in [3.63, 3.8) is 0 Å². The van der Waals surface area contributed by atoms with Gasteiger partial charge in [-0.3, -0.25) is 0 Å². The third-order valence-electron chi connectivity index (χ3n) is 5.64. The molecule has 1 amide bonds. The summed E-state index contributed by atoms with van der Waals surface area (Å²) in [5.41, 5.74) is 3.03. The molecule has 0 saturated carbocycles. The summed E-state index contributed by atoms with van der Waals surface area (Å²) in [5, 5.41) is 8.99. The van der Waals surface area contributed by atoms with Crippen molar-refractivity contribution in [1.82, 2.24) is 9.88 Å². The molecule has 1 saturated heterocycles. The van der Waals surface area contributed by atoms with Crippen LogP contribution in [0.5, 0.6) is 5.88 Å². The van der Waals surface area contributed by atoms with Gasteiger partial charge in [0, 0.05) is 31.3 Å². The zero-order valence-corrected chi connectivity index (χ0v) is 16.6. The number of carbonyl (C=O) groups excluding carboxylic acids is 1. The van der Waals surface area contributed by atoms with E-state index in [1.165, 1.54) is 23.4 Å². The maximum Gasteiger partial charge on any atom is 0.416 e. The molecule has 1 aliphatic rings. The number of nitriles is 1. The summed E-state index contributed by atoms with van der Waals surface area (Å²) in [6.45, 7) is 1.27. The van der Waals surface area contributed by atoms with E-state index in [0.29, 0.717) is 30.5 Å². The fraction of sp³-hybridized carbons (Fsp3) is 0.240. The smallest absolute Gasteiger partial charge is 0.391 e. The second-order valence-corrected chi connectivity index (χ2v) is 7.49. The molecule has 0 aliphatic carbocycles. The fourth-order valence-corrected chi connectivity index (χ4v) is 4.16. The molecule has 5 heteroatoms. The molecule has 0 atom stereocenters. The van der Waals surface area contributed by atoms with Gasteiger partial charge in [0.2, 0.25) is 5.88 Å². The molecule has 150 valence electrons. The molecular weight excluding hydrogens is 374 g/mol. The lowest BCUT2D eigenvalue weighted by molar-refractivity contribution is 0.126. The molecule has 0 unspecified atom stereocenters. The van der Waals surface area contributed by atoms with Gasteiger partial charge in [0.1, 0.15) is 0 Å². The van der Waals surface area contributed by atoms with Crippen molar-refractivity contribution < 1.29 is 9.53 Å². The van der Waals surface area contributed by atoms with Crippen LogP contribution in [0.1, 0.15) is 35.4 Å². The Hall–Kier alpha value is -3.65. The highest BCUT2D eigenvalue weighted by Crippen LogP contribution is 2.38. The lowest BCUT2D eigenvalue weighted by Gasteiger charge is -2.36. The van der Waals surface area contributed by atoms with E-state index in [1.807, 2.05) is 18.2 Å². The van der Waals surface area contributed by atoms with Crippen LogP contribution < -0.4 is 4.74 Å². The zero-order valence-electron chi connectivity index (χ0n) is 16.6. The maximum absolute atomic E-state index is 12.6. The molecule has 0 spiro atoms. The third kappa shape index (κ3) is 4.49. The zero-order chi connectivity index (χ0) is 20.8. The molecule has 5 nitrogen and oxygen atoms in total. The Balaban J connectivity index is 1.44. The van der Waals surface area contributed by atoms with Crippen molar-refractivity contribution >= 4 is 6.09 Å². The number of aromatic nitrogens is 1. The topological polar surface area (TPSA) is 66.2 Å². The van der Waals surface area contributed by atoms with Crippen molar-refractivity contribution in [2.24, 2.45) is 5.92 Å². The molecule has 1 fully saturated rings. The van der Waals surface area contributed by atoms with Crippen LogP contribution in [-0.4, -0.2) is 29.1 Å².